The Morgan fingerprint density at radius 1 is 0.964 bits per heavy atom. The van der Waals surface area contributed by atoms with Crippen molar-refractivity contribution in [1.29, 1.82) is 0 Å². The Hall–Kier alpha value is -2.66. The van der Waals surface area contributed by atoms with Gasteiger partial charge in [-0.15, -0.1) is 0 Å². The lowest BCUT2D eigenvalue weighted by atomic mass is 9.83. The predicted molar refractivity (Wildman–Crippen MR) is 106 cm³/mol. The second-order valence-electron chi connectivity index (χ2n) is 7.45. The van der Waals surface area contributed by atoms with E-state index in [0.29, 0.717) is 45.7 Å². The second kappa shape index (κ2) is 8.57. The summed E-state index contributed by atoms with van der Waals surface area (Å²) < 4.78 is 5.41. The van der Waals surface area contributed by atoms with Gasteiger partial charge in [0, 0.05) is 26.1 Å². The molecule has 2 fully saturated rings. The molecular weight excluding hydrogens is 352 g/mol. The molecule has 5 heteroatoms. The van der Waals surface area contributed by atoms with Crippen LogP contribution in [0.1, 0.15) is 30.0 Å². The van der Waals surface area contributed by atoms with Crippen LogP contribution in [0, 0.1) is 5.92 Å². The quantitative estimate of drug-likeness (QED) is 0.822. The highest BCUT2D eigenvalue weighted by Gasteiger charge is 2.42. The number of amides is 2. The van der Waals surface area contributed by atoms with Crippen LogP contribution in [0.4, 0.5) is 0 Å². The molecule has 0 aromatic heterocycles. The molecule has 5 nitrogen and oxygen atoms in total. The minimum atomic E-state index is -0.238. The normalized spacial score (nSPS) is 22.9. The van der Waals surface area contributed by atoms with E-state index >= 15 is 0 Å². The summed E-state index contributed by atoms with van der Waals surface area (Å²) in [4.78, 5) is 30.1. The van der Waals surface area contributed by atoms with Crippen LogP contribution in [0.2, 0.25) is 0 Å². The van der Waals surface area contributed by atoms with Gasteiger partial charge in [0.25, 0.3) is 0 Å². The molecule has 4 rings (SSSR count). The highest BCUT2D eigenvalue weighted by molar-refractivity contribution is 5.85. The Labute approximate surface area is 165 Å². The van der Waals surface area contributed by atoms with E-state index in [2.05, 4.69) is 0 Å². The smallest absolute Gasteiger partial charge is 0.228 e. The maximum absolute atomic E-state index is 13.4. The average molecular weight is 378 g/mol. The van der Waals surface area contributed by atoms with Crippen molar-refractivity contribution in [1.82, 2.24) is 9.80 Å². The summed E-state index contributed by atoms with van der Waals surface area (Å²) in [5.41, 5.74) is 2.11. The molecular formula is C23H26N2O3. The van der Waals surface area contributed by atoms with Gasteiger partial charge >= 0.3 is 0 Å². The van der Waals surface area contributed by atoms with E-state index in [-0.39, 0.29) is 23.8 Å². The van der Waals surface area contributed by atoms with E-state index in [1.807, 2.05) is 70.5 Å². The van der Waals surface area contributed by atoms with Crippen molar-refractivity contribution >= 4 is 11.8 Å². The number of hydrogen-bond acceptors (Lipinski definition) is 3. The Balaban J connectivity index is 1.66. The van der Waals surface area contributed by atoms with Crippen LogP contribution >= 0.6 is 0 Å². The molecule has 146 valence electrons. The van der Waals surface area contributed by atoms with Gasteiger partial charge in [-0.25, -0.2) is 0 Å². The van der Waals surface area contributed by atoms with E-state index in [1.54, 1.807) is 0 Å². The molecule has 0 radical (unpaired) electrons. The third-order valence-electron chi connectivity index (χ3n) is 5.68. The molecule has 0 unspecified atom stereocenters. The largest absolute Gasteiger partial charge is 0.378 e. The van der Waals surface area contributed by atoms with Crippen LogP contribution in [0.3, 0.4) is 0 Å². The lowest BCUT2D eigenvalue weighted by Gasteiger charge is -2.43. The number of morpholine rings is 1. The van der Waals surface area contributed by atoms with Gasteiger partial charge in [-0.1, -0.05) is 60.7 Å². The molecule has 2 aromatic carbocycles. The number of nitrogens with zero attached hydrogens (tertiary/aromatic N) is 2. The first-order valence-corrected chi connectivity index (χ1v) is 9.99. The standard InChI is InChI=1S/C23H26N2O3/c26-21-12-11-20(23(27)24-13-15-28-16-14-24)22(19-9-5-2-6-10-19)25(21)17-18-7-3-1-4-8-18/h1-10,20,22H,11-17H2/t20-,22-/m0/s1. The van der Waals surface area contributed by atoms with E-state index < -0.39 is 0 Å². The molecule has 2 aliphatic rings. The van der Waals surface area contributed by atoms with Crippen LogP contribution in [-0.2, 0) is 20.9 Å². The SMILES string of the molecule is O=C([C@H]1CCC(=O)N(Cc2ccccc2)[C@H]1c1ccccc1)N1CCOCC1. The Morgan fingerprint density at radius 3 is 2.29 bits per heavy atom. The van der Waals surface area contributed by atoms with Gasteiger partial charge in [0.2, 0.25) is 11.8 Å². The molecule has 2 aliphatic heterocycles. The summed E-state index contributed by atoms with van der Waals surface area (Å²) in [6, 6.07) is 19.7. The van der Waals surface area contributed by atoms with E-state index in [0.717, 1.165) is 11.1 Å². The zero-order chi connectivity index (χ0) is 19.3. The molecule has 2 aromatic rings. The van der Waals surface area contributed by atoms with Crippen molar-refractivity contribution < 1.29 is 14.3 Å². The van der Waals surface area contributed by atoms with E-state index in [1.165, 1.54) is 0 Å². The van der Waals surface area contributed by atoms with Gasteiger partial charge < -0.3 is 14.5 Å². The van der Waals surface area contributed by atoms with Gasteiger partial charge in [0.15, 0.2) is 0 Å². The zero-order valence-electron chi connectivity index (χ0n) is 16.0. The van der Waals surface area contributed by atoms with Crippen LogP contribution in [0.25, 0.3) is 0 Å². The minimum Gasteiger partial charge on any atom is -0.378 e. The fourth-order valence-electron chi connectivity index (χ4n) is 4.26. The monoisotopic (exact) mass is 378 g/mol. The van der Waals surface area contributed by atoms with Gasteiger partial charge in [-0.05, 0) is 17.5 Å². The van der Waals surface area contributed by atoms with Crippen molar-refractivity contribution in [2.24, 2.45) is 5.92 Å². The lowest BCUT2D eigenvalue weighted by molar-refractivity contribution is -0.151. The molecule has 0 aliphatic carbocycles. The van der Waals surface area contributed by atoms with Crippen molar-refractivity contribution in [2.75, 3.05) is 26.3 Å². The maximum atomic E-state index is 13.4. The number of carbonyl (C=O) groups is 2. The lowest BCUT2D eigenvalue weighted by Crippen LogP contribution is -2.51. The average Bonchev–Trinajstić information content (AvgIpc) is 2.76. The molecule has 2 atom stereocenters. The first kappa shape index (κ1) is 18.7. The molecule has 2 saturated heterocycles. The highest BCUT2D eigenvalue weighted by atomic mass is 16.5. The minimum absolute atomic E-state index is 0.115. The maximum Gasteiger partial charge on any atom is 0.228 e. The fraction of sp³-hybridized carbons (Fsp3) is 0.391. The predicted octanol–water partition coefficient (Wildman–Crippen LogP) is 3.03. The summed E-state index contributed by atoms with van der Waals surface area (Å²) >= 11 is 0. The van der Waals surface area contributed by atoms with Gasteiger partial charge in [-0.3, -0.25) is 9.59 Å². The summed E-state index contributed by atoms with van der Waals surface area (Å²) in [5.74, 6) is 0.0355. The first-order chi connectivity index (χ1) is 13.7. The summed E-state index contributed by atoms with van der Waals surface area (Å²) in [6.45, 7) is 2.95. The van der Waals surface area contributed by atoms with Crippen LogP contribution < -0.4 is 0 Å². The number of rotatable bonds is 4. The molecule has 0 bridgehead atoms. The van der Waals surface area contributed by atoms with Crippen LogP contribution in [0.15, 0.2) is 60.7 Å². The fourth-order valence-corrected chi connectivity index (χ4v) is 4.26. The number of likely N-dealkylation sites (tertiary alicyclic amines) is 1. The van der Waals surface area contributed by atoms with Crippen LogP contribution in [-0.4, -0.2) is 47.9 Å². The summed E-state index contributed by atoms with van der Waals surface area (Å²) in [7, 11) is 0. The number of ether oxygens (including phenoxy) is 1. The third-order valence-corrected chi connectivity index (χ3v) is 5.68. The van der Waals surface area contributed by atoms with Crippen molar-refractivity contribution in [2.45, 2.75) is 25.4 Å². The summed E-state index contributed by atoms with van der Waals surface area (Å²) in [5, 5.41) is 0. The molecule has 0 spiro atoms. The third kappa shape index (κ3) is 3.94. The highest BCUT2D eigenvalue weighted by Crippen LogP contribution is 2.39. The number of hydrogen-bond donors (Lipinski definition) is 0. The van der Waals surface area contributed by atoms with Crippen molar-refractivity contribution in [3.8, 4) is 0 Å². The molecule has 28 heavy (non-hydrogen) atoms. The zero-order valence-corrected chi connectivity index (χ0v) is 16.0. The molecule has 2 heterocycles. The number of piperidine rings is 1. The number of benzene rings is 2. The molecule has 0 N–H and O–H groups in total. The van der Waals surface area contributed by atoms with Gasteiger partial charge in [-0.2, -0.15) is 0 Å². The van der Waals surface area contributed by atoms with E-state index in [9.17, 15) is 9.59 Å². The second-order valence-corrected chi connectivity index (χ2v) is 7.45. The topological polar surface area (TPSA) is 49.9 Å². The van der Waals surface area contributed by atoms with Crippen molar-refractivity contribution in [3.63, 3.8) is 0 Å². The van der Waals surface area contributed by atoms with Gasteiger partial charge in [0.05, 0.1) is 25.2 Å². The Morgan fingerprint density at radius 2 is 1.61 bits per heavy atom. The molecule has 2 amide bonds. The summed E-state index contributed by atoms with van der Waals surface area (Å²) in [6.07, 6.45) is 1.01. The number of carbonyl (C=O) groups excluding carboxylic acids is 2. The van der Waals surface area contributed by atoms with Crippen LogP contribution in [0.5, 0.6) is 0 Å². The van der Waals surface area contributed by atoms with Gasteiger partial charge in [0.1, 0.15) is 0 Å². The van der Waals surface area contributed by atoms with Crippen molar-refractivity contribution in [3.05, 3.63) is 71.8 Å². The Kier molecular flexibility index (Phi) is 5.72. The van der Waals surface area contributed by atoms with E-state index in [4.69, 9.17) is 4.74 Å². The molecule has 0 saturated carbocycles. The Bertz CT molecular complexity index is 803. The first-order valence-electron chi connectivity index (χ1n) is 9.99.